The van der Waals surface area contributed by atoms with Crippen LogP contribution >= 0.6 is 0 Å². The smallest absolute Gasteiger partial charge is 0.309 e. The summed E-state index contributed by atoms with van der Waals surface area (Å²) in [6, 6.07) is 21.3. The summed E-state index contributed by atoms with van der Waals surface area (Å²) in [5, 5.41) is 2.46. The number of fused-ring (bicyclic) bond motifs is 1. The van der Waals surface area contributed by atoms with E-state index in [0.717, 1.165) is 6.42 Å². The van der Waals surface area contributed by atoms with E-state index in [1.807, 2.05) is 6.92 Å². The Bertz CT molecular complexity index is 822. The standard InChI is InChI=1S/C25H32O4Si/c1-18-15-22-23(29-24(18)26)16-19(28-22)17-27-30(25(2,3)4,20-11-7-5-8-12-20)21-13-9-6-10-14-21/h5-14,18-19,22-23H,15-17H2,1-4H3/t18-,19+,22-,23-/m0/s1. The van der Waals surface area contributed by atoms with Crippen molar-refractivity contribution in [3.8, 4) is 0 Å². The lowest BCUT2D eigenvalue weighted by molar-refractivity contribution is -0.166. The monoisotopic (exact) mass is 424 g/mol. The fraction of sp³-hybridized carbons (Fsp3) is 0.480. The quantitative estimate of drug-likeness (QED) is 0.543. The molecule has 4 atom stereocenters. The number of carbonyl (C=O) groups excluding carboxylic acids is 1. The molecule has 5 heteroatoms. The van der Waals surface area contributed by atoms with Crippen molar-refractivity contribution in [3.63, 3.8) is 0 Å². The van der Waals surface area contributed by atoms with Gasteiger partial charge in [0.15, 0.2) is 0 Å². The van der Waals surface area contributed by atoms with E-state index in [0.29, 0.717) is 13.0 Å². The molecule has 2 aromatic rings. The predicted octanol–water partition coefficient (Wildman–Crippen LogP) is 3.67. The van der Waals surface area contributed by atoms with Gasteiger partial charge < -0.3 is 13.9 Å². The van der Waals surface area contributed by atoms with Crippen molar-refractivity contribution in [1.29, 1.82) is 0 Å². The van der Waals surface area contributed by atoms with E-state index in [1.165, 1.54) is 10.4 Å². The third-order valence-electron chi connectivity index (χ3n) is 6.44. The fourth-order valence-corrected chi connectivity index (χ4v) is 9.52. The first kappa shape index (κ1) is 21.3. The second-order valence-corrected chi connectivity index (χ2v) is 13.9. The van der Waals surface area contributed by atoms with Crippen LogP contribution < -0.4 is 10.4 Å². The van der Waals surface area contributed by atoms with E-state index < -0.39 is 8.32 Å². The number of rotatable bonds is 5. The zero-order valence-electron chi connectivity index (χ0n) is 18.3. The van der Waals surface area contributed by atoms with Crippen LogP contribution in [0.5, 0.6) is 0 Å². The summed E-state index contributed by atoms with van der Waals surface area (Å²) in [5.74, 6) is -0.198. The van der Waals surface area contributed by atoms with Gasteiger partial charge in [-0.2, -0.15) is 0 Å². The zero-order valence-corrected chi connectivity index (χ0v) is 19.3. The lowest BCUT2D eigenvalue weighted by atomic mass is 9.96. The molecule has 2 aliphatic rings. The highest BCUT2D eigenvalue weighted by Crippen LogP contribution is 2.38. The maximum atomic E-state index is 12.0. The number of hydrogen-bond acceptors (Lipinski definition) is 4. The molecule has 0 bridgehead atoms. The van der Waals surface area contributed by atoms with Gasteiger partial charge in [0.25, 0.3) is 8.32 Å². The molecule has 0 radical (unpaired) electrons. The maximum Gasteiger partial charge on any atom is 0.309 e. The van der Waals surface area contributed by atoms with E-state index in [-0.39, 0.29) is 35.2 Å². The molecule has 0 aliphatic carbocycles. The van der Waals surface area contributed by atoms with Crippen LogP contribution in [0.15, 0.2) is 60.7 Å². The maximum absolute atomic E-state index is 12.0. The molecule has 0 unspecified atom stereocenters. The molecule has 30 heavy (non-hydrogen) atoms. The van der Waals surface area contributed by atoms with Gasteiger partial charge in [-0.25, -0.2) is 0 Å². The number of ether oxygens (including phenoxy) is 2. The Balaban J connectivity index is 1.62. The number of benzene rings is 2. The summed E-state index contributed by atoms with van der Waals surface area (Å²) in [7, 11) is -2.58. The molecular formula is C25H32O4Si. The van der Waals surface area contributed by atoms with Crippen LogP contribution in [-0.2, 0) is 18.7 Å². The summed E-state index contributed by atoms with van der Waals surface area (Å²) in [5.41, 5.74) is 0. The van der Waals surface area contributed by atoms with Crippen molar-refractivity contribution >= 4 is 24.7 Å². The van der Waals surface area contributed by atoms with Crippen molar-refractivity contribution in [2.75, 3.05) is 6.61 Å². The van der Waals surface area contributed by atoms with Crippen molar-refractivity contribution in [1.82, 2.24) is 0 Å². The van der Waals surface area contributed by atoms with Crippen LogP contribution in [0.1, 0.15) is 40.5 Å². The van der Waals surface area contributed by atoms with Gasteiger partial charge in [0.1, 0.15) is 6.10 Å². The Labute approximate surface area is 180 Å². The fourth-order valence-electron chi connectivity index (χ4n) is 4.93. The predicted molar refractivity (Wildman–Crippen MR) is 121 cm³/mol. The molecule has 160 valence electrons. The van der Waals surface area contributed by atoms with Crippen LogP contribution in [0.25, 0.3) is 0 Å². The number of esters is 1. The lowest BCUT2D eigenvalue weighted by Gasteiger charge is -2.43. The molecule has 2 saturated heterocycles. The SMILES string of the molecule is C[C@H]1C[C@@H]2O[C@@H](CO[Si](c3ccccc3)(c3ccccc3)C(C)(C)C)C[C@@H]2OC1=O. The molecule has 0 saturated carbocycles. The molecule has 2 aromatic carbocycles. The van der Waals surface area contributed by atoms with Gasteiger partial charge >= 0.3 is 5.97 Å². The highest BCUT2D eigenvalue weighted by atomic mass is 28.4. The van der Waals surface area contributed by atoms with Gasteiger partial charge in [-0.05, 0) is 21.8 Å². The first-order valence-corrected chi connectivity index (χ1v) is 12.8. The number of carbonyl (C=O) groups is 1. The Morgan fingerprint density at radius 2 is 1.50 bits per heavy atom. The molecule has 0 aromatic heterocycles. The molecule has 0 amide bonds. The van der Waals surface area contributed by atoms with Gasteiger partial charge in [-0.15, -0.1) is 0 Å². The topological polar surface area (TPSA) is 44.8 Å². The highest BCUT2D eigenvalue weighted by molar-refractivity contribution is 6.99. The van der Waals surface area contributed by atoms with E-state index >= 15 is 0 Å². The minimum atomic E-state index is -2.58. The van der Waals surface area contributed by atoms with Crippen molar-refractivity contribution in [3.05, 3.63) is 60.7 Å². The van der Waals surface area contributed by atoms with Gasteiger partial charge in [-0.3, -0.25) is 4.79 Å². The summed E-state index contributed by atoms with van der Waals surface area (Å²) in [6.45, 7) is 9.24. The molecule has 2 aliphatic heterocycles. The Hall–Kier alpha value is -1.95. The van der Waals surface area contributed by atoms with E-state index in [2.05, 4.69) is 81.4 Å². The molecule has 4 nitrogen and oxygen atoms in total. The Morgan fingerprint density at radius 3 is 2.03 bits per heavy atom. The molecule has 2 heterocycles. The van der Waals surface area contributed by atoms with Crippen LogP contribution in [0.3, 0.4) is 0 Å². The molecule has 0 spiro atoms. The number of hydrogen-bond donors (Lipinski definition) is 0. The summed E-state index contributed by atoms with van der Waals surface area (Å²) in [6.07, 6.45) is 1.24. The molecule has 4 rings (SSSR count). The molecule has 2 fully saturated rings. The first-order valence-electron chi connectivity index (χ1n) is 10.9. The van der Waals surface area contributed by atoms with Gasteiger partial charge in [0.2, 0.25) is 0 Å². The minimum Gasteiger partial charge on any atom is -0.459 e. The van der Waals surface area contributed by atoms with Crippen molar-refractivity contribution < 1.29 is 18.7 Å². The minimum absolute atomic E-state index is 0.00884. The van der Waals surface area contributed by atoms with Crippen molar-refractivity contribution in [2.24, 2.45) is 5.92 Å². The average molecular weight is 425 g/mol. The first-order chi connectivity index (χ1) is 14.3. The van der Waals surface area contributed by atoms with Crippen LogP contribution in [0, 0.1) is 5.92 Å². The highest BCUT2D eigenvalue weighted by Gasteiger charge is 2.51. The van der Waals surface area contributed by atoms with E-state index in [9.17, 15) is 4.79 Å². The average Bonchev–Trinajstić information content (AvgIpc) is 3.11. The second kappa shape index (κ2) is 8.29. The second-order valence-electron chi connectivity index (χ2n) is 9.62. The summed E-state index contributed by atoms with van der Waals surface area (Å²) < 4.78 is 18.9. The summed E-state index contributed by atoms with van der Waals surface area (Å²) >= 11 is 0. The summed E-state index contributed by atoms with van der Waals surface area (Å²) in [4.78, 5) is 12.0. The van der Waals surface area contributed by atoms with Crippen LogP contribution in [0.4, 0.5) is 0 Å². The Kier molecular flexibility index (Phi) is 5.88. The third-order valence-corrected chi connectivity index (χ3v) is 11.4. The van der Waals surface area contributed by atoms with Crippen LogP contribution in [-0.4, -0.2) is 39.2 Å². The van der Waals surface area contributed by atoms with E-state index in [1.54, 1.807) is 0 Å². The lowest BCUT2D eigenvalue weighted by Crippen LogP contribution is -2.67. The van der Waals surface area contributed by atoms with E-state index in [4.69, 9.17) is 13.9 Å². The third kappa shape index (κ3) is 3.86. The van der Waals surface area contributed by atoms with Gasteiger partial charge in [0, 0.05) is 6.42 Å². The largest absolute Gasteiger partial charge is 0.459 e. The molecular weight excluding hydrogens is 392 g/mol. The zero-order chi connectivity index (χ0) is 21.4. The van der Waals surface area contributed by atoms with Crippen molar-refractivity contribution in [2.45, 2.75) is 63.9 Å². The normalized spacial score (nSPS) is 26.9. The van der Waals surface area contributed by atoms with Crippen LogP contribution in [0.2, 0.25) is 5.04 Å². The van der Waals surface area contributed by atoms with Gasteiger partial charge in [-0.1, -0.05) is 88.4 Å². The Morgan fingerprint density at radius 1 is 0.933 bits per heavy atom. The van der Waals surface area contributed by atoms with Gasteiger partial charge in [0.05, 0.1) is 24.7 Å². The molecule has 0 N–H and O–H groups in total.